The maximum Gasteiger partial charge on any atom is 0.271 e. The number of piperidine rings is 1. The SMILES string of the molecule is Cc1nccn1CCNC(=O)c1ccc(N2CCC(Cc3ccccc3)CC2)nn1. The number of imidazole rings is 1. The Morgan fingerprint density at radius 2 is 1.90 bits per heavy atom. The van der Waals surface area contributed by atoms with E-state index in [9.17, 15) is 4.79 Å². The molecular formula is C23H28N6O. The summed E-state index contributed by atoms with van der Waals surface area (Å²) in [4.78, 5) is 18.7. The van der Waals surface area contributed by atoms with E-state index in [4.69, 9.17) is 0 Å². The van der Waals surface area contributed by atoms with Gasteiger partial charge in [-0.25, -0.2) is 4.98 Å². The zero-order valence-electron chi connectivity index (χ0n) is 17.4. The van der Waals surface area contributed by atoms with Crippen molar-refractivity contribution in [2.24, 2.45) is 5.92 Å². The highest BCUT2D eigenvalue weighted by Gasteiger charge is 2.21. The molecule has 1 fully saturated rings. The summed E-state index contributed by atoms with van der Waals surface area (Å²) in [5.41, 5.74) is 1.76. The fourth-order valence-electron chi connectivity index (χ4n) is 3.95. The molecule has 156 valence electrons. The summed E-state index contributed by atoms with van der Waals surface area (Å²) in [7, 11) is 0. The number of aromatic nitrogens is 4. The molecule has 1 aromatic carbocycles. The predicted molar refractivity (Wildman–Crippen MR) is 116 cm³/mol. The zero-order chi connectivity index (χ0) is 20.8. The van der Waals surface area contributed by atoms with Gasteiger partial charge in [0.1, 0.15) is 5.82 Å². The molecule has 0 bridgehead atoms. The van der Waals surface area contributed by atoms with Crippen LogP contribution in [0.15, 0.2) is 54.9 Å². The summed E-state index contributed by atoms with van der Waals surface area (Å²) in [6.07, 6.45) is 7.09. The fourth-order valence-corrected chi connectivity index (χ4v) is 3.95. The van der Waals surface area contributed by atoms with Crippen LogP contribution in [-0.4, -0.2) is 45.3 Å². The van der Waals surface area contributed by atoms with Crippen LogP contribution in [0.4, 0.5) is 5.82 Å². The van der Waals surface area contributed by atoms with Crippen LogP contribution < -0.4 is 10.2 Å². The van der Waals surface area contributed by atoms with E-state index in [0.29, 0.717) is 24.7 Å². The lowest BCUT2D eigenvalue weighted by Gasteiger charge is -2.32. The van der Waals surface area contributed by atoms with Gasteiger partial charge in [0.05, 0.1) is 0 Å². The fraction of sp³-hybridized carbons (Fsp3) is 0.391. The van der Waals surface area contributed by atoms with Crippen molar-refractivity contribution in [3.63, 3.8) is 0 Å². The second-order valence-electron chi connectivity index (χ2n) is 7.82. The topological polar surface area (TPSA) is 75.9 Å². The van der Waals surface area contributed by atoms with E-state index in [1.807, 2.05) is 23.8 Å². The third-order valence-corrected chi connectivity index (χ3v) is 5.75. The Bertz CT molecular complexity index is 945. The van der Waals surface area contributed by atoms with Crippen molar-refractivity contribution >= 4 is 11.7 Å². The molecule has 7 heteroatoms. The Hall–Kier alpha value is -3.22. The number of rotatable bonds is 7. The second kappa shape index (κ2) is 9.52. The summed E-state index contributed by atoms with van der Waals surface area (Å²) in [5, 5.41) is 11.3. The monoisotopic (exact) mass is 404 g/mol. The van der Waals surface area contributed by atoms with Crippen molar-refractivity contribution in [2.75, 3.05) is 24.5 Å². The summed E-state index contributed by atoms with van der Waals surface area (Å²) < 4.78 is 2.00. The van der Waals surface area contributed by atoms with Gasteiger partial charge in [0.2, 0.25) is 0 Å². The Labute approximate surface area is 177 Å². The number of hydrogen-bond donors (Lipinski definition) is 1. The molecule has 0 aliphatic carbocycles. The minimum atomic E-state index is -0.201. The van der Waals surface area contributed by atoms with Crippen LogP contribution in [0, 0.1) is 12.8 Å². The largest absolute Gasteiger partial charge is 0.355 e. The highest BCUT2D eigenvalue weighted by Crippen LogP contribution is 2.24. The maximum absolute atomic E-state index is 12.3. The van der Waals surface area contributed by atoms with Crippen LogP contribution in [0.1, 0.15) is 34.7 Å². The number of nitrogens with zero attached hydrogens (tertiary/aromatic N) is 5. The van der Waals surface area contributed by atoms with Gasteiger partial charge >= 0.3 is 0 Å². The van der Waals surface area contributed by atoms with Crippen molar-refractivity contribution in [3.8, 4) is 0 Å². The zero-order valence-corrected chi connectivity index (χ0v) is 17.4. The lowest BCUT2D eigenvalue weighted by Crippen LogP contribution is -2.35. The summed E-state index contributed by atoms with van der Waals surface area (Å²) in [6.45, 7) is 5.09. The first-order chi connectivity index (χ1) is 14.7. The van der Waals surface area contributed by atoms with Gasteiger partial charge in [-0.3, -0.25) is 4.79 Å². The van der Waals surface area contributed by atoms with Crippen LogP contribution in [0.2, 0.25) is 0 Å². The Morgan fingerprint density at radius 1 is 1.10 bits per heavy atom. The van der Waals surface area contributed by atoms with Crippen molar-refractivity contribution in [1.82, 2.24) is 25.1 Å². The molecule has 1 aliphatic rings. The smallest absolute Gasteiger partial charge is 0.271 e. The van der Waals surface area contributed by atoms with Crippen LogP contribution in [0.25, 0.3) is 0 Å². The van der Waals surface area contributed by atoms with E-state index in [1.165, 1.54) is 5.56 Å². The van der Waals surface area contributed by atoms with Gasteiger partial charge in [-0.1, -0.05) is 30.3 Å². The number of aryl methyl sites for hydroxylation is 1. The molecule has 1 saturated heterocycles. The number of hydrogen-bond acceptors (Lipinski definition) is 5. The van der Waals surface area contributed by atoms with Gasteiger partial charge in [0.25, 0.3) is 5.91 Å². The van der Waals surface area contributed by atoms with Crippen LogP contribution in [-0.2, 0) is 13.0 Å². The van der Waals surface area contributed by atoms with Gasteiger partial charge in [-0.05, 0) is 49.8 Å². The maximum atomic E-state index is 12.3. The van der Waals surface area contributed by atoms with Gasteiger partial charge in [0.15, 0.2) is 11.5 Å². The molecule has 3 heterocycles. The molecule has 0 radical (unpaired) electrons. The molecule has 3 aromatic rings. The third-order valence-electron chi connectivity index (χ3n) is 5.75. The highest BCUT2D eigenvalue weighted by molar-refractivity contribution is 5.92. The van der Waals surface area contributed by atoms with E-state index in [0.717, 1.165) is 44.0 Å². The van der Waals surface area contributed by atoms with E-state index in [1.54, 1.807) is 12.3 Å². The molecule has 0 atom stereocenters. The Balaban J connectivity index is 1.24. The first kappa shape index (κ1) is 20.1. The molecule has 1 amide bonds. The van der Waals surface area contributed by atoms with E-state index >= 15 is 0 Å². The minimum Gasteiger partial charge on any atom is -0.355 e. The standard InChI is InChI=1S/C23H28N6O/c1-18-24-11-15-28(18)16-12-25-23(30)21-7-8-22(27-26-21)29-13-9-20(10-14-29)17-19-5-3-2-4-6-19/h2-8,11,15,20H,9-10,12-14,16-17H2,1H3,(H,25,30). The van der Waals surface area contributed by atoms with Crippen molar-refractivity contribution in [2.45, 2.75) is 32.7 Å². The number of carbonyl (C=O) groups is 1. The van der Waals surface area contributed by atoms with Crippen molar-refractivity contribution in [1.29, 1.82) is 0 Å². The van der Waals surface area contributed by atoms with Crippen LogP contribution >= 0.6 is 0 Å². The molecular weight excluding hydrogens is 376 g/mol. The lowest BCUT2D eigenvalue weighted by atomic mass is 9.90. The van der Waals surface area contributed by atoms with Crippen molar-refractivity contribution < 1.29 is 4.79 Å². The quantitative estimate of drug-likeness (QED) is 0.655. The second-order valence-corrected chi connectivity index (χ2v) is 7.82. The van der Waals surface area contributed by atoms with Crippen LogP contribution in [0.5, 0.6) is 0 Å². The normalized spacial score (nSPS) is 14.6. The lowest BCUT2D eigenvalue weighted by molar-refractivity contribution is 0.0946. The van der Waals surface area contributed by atoms with Gasteiger partial charge in [0, 0.05) is 38.6 Å². The van der Waals surface area contributed by atoms with E-state index in [-0.39, 0.29) is 5.91 Å². The summed E-state index contributed by atoms with van der Waals surface area (Å²) in [6, 6.07) is 14.4. The number of benzene rings is 1. The molecule has 0 spiro atoms. The number of carbonyl (C=O) groups excluding carboxylic acids is 1. The first-order valence-corrected chi connectivity index (χ1v) is 10.6. The molecule has 30 heavy (non-hydrogen) atoms. The summed E-state index contributed by atoms with van der Waals surface area (Å²) in [5.74, 6) is 2.29. The number of nitrogens with one attached hydrogen (secondary N) is 1. The average Bonchev–Trinajstić information content (AvgIpc) is 3.20. The molecule has 7 nitrogen and oxygen atoms in total. The number of anilines is 1. The Kier molecular flexibility index (Phi) is 6.37. The van der Waals surface area contributed by atoms with Crippen LogP contribution in [0.3, 0.4) is 0 Å². The van der Waals surface area contributed by atoms with E-state index in [2.05, 4.69) is 55.7 Å². The highest BCUT2D eigenvalue weighted by atomic mass is 16.1. The average molecular weight is 405 g/mol. The van der Waals surface area contributed by atoms with Gasteiger partial charge < -0.3 is 14.8 Å². The third kappa shape index (κ3) is 5.03. The predicted octanol–water partition coefficient (Wildman–Crippen LogP) is 2.87. The first-order valence-electron chi connectivity index (χ1n) is 10.6. The molecule has 0 unspecified atom stereocenters. The van der Waals surface area contributed by atoms with E-state index < -0.39 is 0 Å². The molecule has 4 rings (SSSR count). The van der Waals surface area contributed by atoms with Gasteiger partial charge in [-0.15, -0.1) is 10.2 Å². The number of amides is 1. The van der Waals surface area contributed by atoms with Crippen molar-refractivity contribution in [3.05, 3.63) is 71.9 Å². The molecule has 0 saturated carbocycles. The molecule has 1 N–H and O–H groups in total. The summed E-state index contributed by atoms with van der Waals surface area (Å²) >= 11 is 0. The minimum absolute atomic E-state index is 0.201. The molecule has 2 aromatic heterocycles. The van der Waals surface area contributed by atoms with Gasteiger partial charge in [-0.2, -0.15) is 0 Å². The Morgan fingerprint density at radius 3 is 2.57 bits per heavy atom. The molecule has 1 aliphatic heterocycles.